The Morgan fingerprint density at radius 3 is 2.62 bits per heavy atom. The van der Waals surface area contributed by atoms with Crippen LogP contribution in [0.5, 0.6) is 0 Å². The van der Waals surface area contributed by atoms with E-state index in [0.717, 1.165) is 0 Å². The molecule has 0 aromatic rings. The maximum Gasteiger partial charge on any atom is 0.175 e. The molecule has 0 bridgehead atoms. The van der Waals surface area contributed by atoms with Gasteiger partial charge in [-0.25, -0.2) is 0 Å². The van der Waals surface area contributed by atoms with Gasteiger partial charge in [0, 0.05) is 6.42 Å². The standard InChI is InChI=1S/C10H12O3/c1-8(11)7-9(12)10(13)5-3-2-4-6-10/h2-5,13H,6-7H2,1H3. The summed E-state index contributed by atoms with van der Waals surface area (Å²) in [6.45, 7) is 1.34. The smallest absolute Gasteiger partial charge is 0.175 e. The van der Waals surface area contributed by atoms with Gasteiger partial charge in [0.25, 0.3) is 0 Å². The first-order chi connectivity index (χ1) is 6.04. The fraction of sp³-hybridized carbons (Fsp3) is 0.400. The molecule has 1 N–H and O–H groups in total. The number of carbonyl (C=O) groups is 2. The second-order valence-electron chi connectivity index (χ2n) is 3.22. The molecule has 1 aliphatic carbocycles. The Bertz CT molecular complexity index is 289. The Kier molecular flexibility index (Phi) is 2.78. The highest BCUT2D eigenvalue weighted by Crippen LogP contribution is 2.20. The van der Waals surface area contributed by atoms with Crippen LogP contribution in [-0.4, -0.2) is 22.3 Å². The summed E-state index contributed by atoms with van der Waals surface area (Å²) in [5, 5.41) is 9.75. The summed E-state index contributed by atoms with van der Waals surface area (Å²) in [4.78, 5) is 22.0. The van der Waals surface area contributed by atoms with Gasteiger partial charge in [0.05, 0.1) is 6.42 Å². The summed E-state index contributed by atoms with van der Waals surface area (Å²) >= 11 is 0. The van der Waals surface area contributed by atoms with E-state index in [1.165, 1.54) is 13.0 Å². The average molecular weight is 180 g/mol. The molecule has 3 nitrogen and oxygen atoms in total. The zero-order valence-corrected chi connectivity index (χ0v) is 7.49. The fourth-order valence-electron chi connectivity index (χ4n) is 1.20. The van der Waals surface area contributed by atoms with Crippen molar-refractivity contribution in [3.8, 4) is 0 Å². The van der Waals surface area contributed by atoms with Crippen LogP contribution in [0.25, 0.3) is 0 Å². The van der Waals surface area contributed by atoms with Crippen molar-refractivity contribution in [2.45, 2.75) is 25.4 Å². The van der Waals surface area contributed by atoms with Gasteiger partial charge in [-0.2, -0.15) is 0 Å². The topological polar surface area (TPSA) is 54.4 Å². The highest BCUT2D eigenvalue weighted by Gasteiger charge is 2.32. The summed E-state index contributed by atoms with van der Waals surface area (Å²) in [5.74, 6) is -0.651. The summed E-state index contributed by atoms with van der Waals surface area (Å²) in [7, 11) is 0. The van der Waals surface area contributed by atoms with Gasteiger partial charge in [0.1, 0.15) is 11.4 Å². The summed E-state index contributed by atoms with van der Waals surface area (Å²) in [5.41, 5.74) is -1.46. The lowest BCUT2D eigenvalue weighted by Crippen LogP contribution is -2.37. The molecule has 0 saturated heterocycles. The van der Waals surface area contributed by atoms with E-state index in [2.05, 4.69) is 0 Å². The van der Waals surface area contributed by atoms with E-state index < -0.39 is 11.4 Å². The molecule has 3 heteroatoms. The van der Waals surface area contributed by atoms with Crippen molar-refractivity contribution < 1.29 is 14.7 Å². The monoisotopic (exact) mass is 180 g/mol. The zero-order valence-electron chi connectivity index (χ0n) is 7.49. The molecule has 0 saturated carbocycles. The van der Waals surface area contributed by atoms with Crippen LogP contribution in [0.1, 0.15) is 19.8 Å². The van der Waals surface area contributed by atoms with E-state index in [1.54, 1.807) is 18.2 Å². The third kappa shape index (κ3) is 2.36. The highest BCUT2D eigenvalue weighted by molar-refractivity contribution is 6.03. The van der Waals surface area contributed by atoms with Crippen molar-refractivity contribution in [3.63, 3.8) is 0 Å². The minimum atomic E-state index is -1.46. The molecule has 1 unspecified atom stereocenters. The van der Waals surface area contributed by atoms with Gasteiger partial charge >= 0.3 is 0 Å². The Balaban J connectivity index is 2.70. The first-order valence-electron chi connectivity index (χ1n) is 4.14. The molecule has 0 radical (unpaired) electrons. The number of carbonyl (C=O) groups excluding carboxylic acids is 2. The molecule has 1 aliphatic rings. The molecular formula is C10H12O3. The van der Waals surface area contributed by atoms with Gasteiger partial charge in [-0.1, -0.05) is 18.2 Å². The maximum atomic E-state index is 11.4. The summed E-state index contributed by atoms with van der Waals surface area (Å²) < 4.78 is 0. The van der Waals surface area contributed by atoms with E-state index in [1.807, 2.05) is 0 Å². The Morgan fingerprint density at radius 2 is 2.15 bits per heavy atom. The second kappa shape index (κ2) is 3.66. The van der Waals surface area contributed by atoms with E-state index >= 15 is 0 Å². The Morgan fingerprint density at radius 1 is 1.46 bits per heavy atom. The first-order valence-corrected chi connectivity index (χ1v) is 4.14. The van der Waals surface area contributed by atoms with Crippen LogP contribution >= 0.6 is 0 Å². The van der Waals surface area contributed by atoms with Gasteiger partial charge in [0.15, 0.2) is 5.78 Å². The largest absolute Gasteiger partial charge is 0.378 e. The molecule has 0 fully saturated rings. The molecule has 1 rings (SSSR count). The van der Waals surface area contributed by atoms with Crippen LogP contribution in [0.3, 0.4) is 0 Å². The third-order valence-electron chi connectivity index (χ3n) is 1.94. The van der Waals surface area contributed by atoms with E-state index in [4.69, 9.17) is 0 Å². The molecule has 13 heavy (non-hydrogen) atoms. The molecule has 0 heterocycles. The van der Waals surface area contributed by atoms with Crippen molar-refractivity contribution >= 4 is 11.6 Å². The van der Waals surface area contributed by atoms with E-state index in [-0.39, 0.29) is 18.6 Å². The van der Waals surface area contributed by atoms with Gasteiger partial charge in [-0.15, -0.1) is 0 Å². The van der Waals surface area contributed by atoms with Crippen LogP contribution in [0.2, 0.25) is 0 Å². The summed E-state index contributed by atoms with van der Waals surface area (Å²) in [6.07, 6.45) is 6.57. The quantitative estimate of drug-likeness (QED) is 0.653. The highest BCUT2D eigenvalue weighted by atomic mass is 16.3. The van der Waals surface area contributed by atoms with Gasteiger partial charge < -0.3 is 5.11 Å². The third-order valence-corrected chi connectivity index (χ3v) is 1.94. The number of hydrogen-bond acceptors (Lipinski definition) is 3. The molecular weight excluding hydrogens is 168 g/mol. The minimum Gasteiger partial charge on any atom is -0.378 e. The van der Waals surface area contributed by atoms with Crippen molar-refractivity contribution in [1.29, 1.82) is 0 Å². The van der Waals surface area contributed by atoms with Crippen molar-refractivity contribution in [1.82, 2.24) is 0 Å². The molecule has 1 atom stereocenters. The number of aliphatic hydroxyl groups is 1. The van der Waals surface area contributed by atoms with Gasteiger partial charge in [-0.3, -0.25) is 9.59 Å². The molecule has 0 aromatic carbocycles. The predicted molar refractivity (Wildman–Crippen MR) is 48.2 cm³/mol. The molecule has 0 amide bonds. The molecule has 0 aromatic heterocycles. The Hall–Kier alpha value is -1.22. The minimum absolute atomic E-state index is 0.200. The number of Topliss-reactive ketones (excluding diaryl/α,β-unsaturated/α-hetero) is 2. The lowest BCUT2D eigenvalue weighted by molar-refractivity contribution is -0.136. The molecule has 0 aliphatic heterocycles. The molecule has 0 spiro atoms. The van der Waals surface area contributed by atoms with Crippen LogP contribution in [0.15, 0.2) is 24.3 Å². The van der Waals surface area contributed by atoms with Crippen molar-refractivity contribution in [2.75, 3.05) is 0 Å². The van der Waals surface area contributed by atoms with Crippen LogP contribution in [0, 0.1) is 0 Å². The number of ketones is 2. The van der Waals surface area contributed by atoms with E-state index in [9.17, 15) is 14.7 Å². The number of hydrogen-bond donors (Lipinski definition) is 1. The van der Waals surface area contributed by atoms with Crippen LogP contribution in [-0.2, 0) is 9.59 Å². The number of rotatable bonds is 3. The first kappa shape index (κ1) is 9.86. The zero-order chi connectivity index (χ0) is 9.90. The number of allylic oxidation sites excluding steroid dienone is 2. The van der Waals surface area contributed by atoms with Crippen molar-refractivity contribution in [2.24, 2.45) is 0 Å². The average Bonchev–Trinajstić information content (AvgIpc) is 2.04. The fourth-order valence-corrected chi connectivity index (χ4v) is 1.20. The predicted octanol–water partition coefficient (Wildman–Crippen LogP) is 0.782. The van der Waals surface area contributed by atoms with Crippen LogP contribution < -0.4 is 0 Å². The SMILES string of the molecule is CC(=O)CC(=O)C1(O)C=CC=CC1. The second-order valence-corrected chi connectivity index (χ2v) is 3.22. The normalized spacial score (nSPS) is 26.0. The lowest BCUT2D eigenvalue weighted by Gasteiger charge is -2.22. The van der Waals surface area contributed by atoms with Gasteiger partial charge in [0.2, 0.25) is 0 Å². The van der Waals surface area contributed by atoms with Gasteiger partial charge in [-0.05, 0) is 13.0 Å². The van der Waals surface area contributed by atoms with Crippen LogP contribution in [0.4, 0.5) is 0 Å². The summed E-state index contributed by atoms with van der Waals surface area (Å²) in [6, 6.07) is 0. The maximum absolute atomic E-state index is 11.4. The Labute approximate surface area is 76.8 Å². The van der Waals surface area contributed by atoms with E-state index in [0.29, 0.717) is 0 Å². The van der Waals surface area contributed by atoms with Crippen molar-refractivity contribution in [3.05, 3.63) is 24.3 Å². The molecule has 70 valence electrons. The lowest BCUT2D eigenvalue weighted by atomic mass is 9.88.